The third-order valence-corrected chi connectivity index (χ3v) is 3.13. The van der Waals surface area contributed by atoms with Gasteiger partial charge in [0.2, 0.25) is 0 Å². The van der Waals surface area contributed by atoms with Gasteiger partial charge in [0.1, 0.15) is 5.82 Å². The topological polar surface area (TPSA) is 52.3 Å². The van der Waals surface area contributed by atoms with Gasteiger partial charge >= 0.3 is 5.97 Å². The van der Waals surface area contributed by atoms with Gasteiger partial charge in [0.15, 0.2) is 0 Å². The van der Waals surface area contributed by atoms with Gasteiger partial charge < -0.3 is 10.5 Å². The van der Waals surface area contributed by atoms with E-state index in [-0.39, 0.29) is 5.82 Å². The molecule has 3 nitrogen and oxygen atoms in total. The molecule has 17 heavy (non-hydrogen) atoms. The molecule has 2 N–H and O–H groups in total. The first-order valence-corrected chi connectivity index (χ1v) is 5.41. The molecule has 1 atom stereocenters. The molecule has 0 aliphatic rings. The van der Waals surface area contributed by atoms with E-state index in [0.29, 0.717) is 11.1 Å². The maximum absolute atomic E-state index is 13.4. The summed E-state index contributed by atoms with van der Waals surface area (Å²) in [4.78, 5) is 11.6. The summed E-state index contributed by atoms with van der Waals surface area (Å²) in [5.74, 6) is -0.729. The van der Waals surface area contributed by atoms with Crippen LogP contribution in [0.2, 0.25) is 0 Å². The number of hydrogen-bond donors (Lipinski definition) is 1. The molecule has 4 heteroatoms. The van der Waals surface area contributed by atoms with Crippen LogP contribution in [0, 0.1) is 18.2 Å². The summed E-state index contributed by atoms with van der Waals surface area (Å²) in [6, 6.07) is 4.08. The number of nitrogens with two attached hydrogens (primary N) is 1. The fourth-order valence-electron chi connectivity index (χ4n) is 1.74. The van der Waals surface area contributed by atoms with Crippen LogP contribution in [-0.4, -0.2) is 13.1 Å². The molecule has 1 rings (SSSR count). The van der Waals surface area contributed by atoms with Gasteiger partial charge in [0.25, 0.3) is 0 Å². The predicted molar refractivity (Wildman–Crippen MR) is 63.9 cm³/mol. The highest BCUT2D eigenvalue weighted by Crippen LogP contribution is 2.34. The van der Waals surface area contributed by atoms with Crippen molar-refractivity contribution in [3.8, 4) is 0 Å². The van der Waals surface area contributed by atoms with Gasteiger partial charge in [-0.3, -0.25) is 4.79 Å². The molecule has 1 aromatic carbocycles. The van der Waals surface area contributed by atoms with Crippen molar-refractivity contribution in [1.29, 1.82) is 0 Å². The van der Waals surface area contributed by atoms with Crippen molar-refractivity contribution in [2.45, 2.75) is 26.8 Å². The molecule has 0 aliphatic carbocycles. The van der Waals surface area contributed by atoms with E-state index in [1.165, 1.54) is 13.2 Å². The zero-order valence-electron chi connectivity index (χ0n) is 10.6. The Labute approximate surface area is 101 Å². The van der Waals surface area contributed by atoms with Gasteiger partial charge in [0.05, 0.1) is 12.5 Å². The number of carbonyl (C=O) groups is 1. The Bertz CT molecular complexity index is 429. The lowest BCUT2D eigenvalue weighted by atomic mass is 9.79. The first-order chi connectivity index (χ1) is 7.82. The highest BCUT2D eigenvalue weighted by Gasteiger charge is 2.37. The minimum absolute atomic E-state index is 0.321. The van der Waals surface area contributed by atoms with Crippen molar-refractivity contribution in [2.75, 3.05) is 7.11 Å². The lowest BCUT2D eigenvalue weighted by Gasteiger charge is -2.30. The van der Waals surface area contributed by atoms with Crippen molar-refractivity contribution >= 4 is 5.97 Å². The van der Waals surface area contributed by atoms with E-state index in [0.717, 1.165) is 0 Å². The molecular weight excluding hydrogens is 221 g/mol. The summed E-state index contributed by atoms with van der Waals surface area (Å²) >= 11 is 0. The van der Waals surface area contributed by atoms with Crippen LogP contribution in [0.3, 0.4) is 0 Å². The molecule has 0 saturated carbocycles. The molecule has 94 valence electrons. The van der Waals surface area contributed by atoms with E-state index in [2.05, 4.69) is 0 Å². The summed E-state index contributed by atoms with van der Waals surface area (Å²) in [6.45, 7) is 5.03. The molecular formula is C13H18FNO2. The number of esters is 1. The third kappa shape index (κ3) is 2.47. The monoisotopic (exact) mass is 239 g/mol. The summed E-state index contributed by atoms with van der Waals surface area (Å²) < 4.78 is 18.2. The molecule has 0 saturated heterocycles. The van der Waals surface area contributed by atoms with Crippen molar-refractivity contribution in [3.63, 3.8) is 0 Å². The number of hydrogen-bond acceptors (Lipinski definition) is 3. The highest BCUT2D eigenvalue weighted by atomic mass is 19.1. The van der Waals surface area contributed by atoms with Crippen molar-refractivity contribution in [3.05, 3.63) is 35.1 Å². The molecule has 0 heterocycles. The van der Waals surface area contributed by atoms with Crippen LogP contribution >= 0.6 is 0 Å². The number of methoxy groups -OCH3 is 1. The van der Waals surface area contributed by atoms with Crippen molar-refractivity contribution < 1.29 is 13.9 Å². The quantitative estimate of drug-likeness (QED) is 0.824. The fourth-order valence-corrected chi connectivity index (χ4v) is 1.74. The van der Waals surface area contributed by atoms with Crippen LogP contribution < -0.4 is 5.73 Å². The van der Waals surface area contributed by atoms with Crippen molar-refractivity contribution in [1.82, 2.24) is 0 Å². The summed E-state index contributed by atoms with van der Waals surface area (Å²) in [7, 11) is 1.31. The zero-order valence-corrected chi connectivity index (χ0v) is 10.6. The number of benzene rings is 1. The highest BCUT2D eigenvalue weighted by molar-refractivity contribution is 5.77. The molecule has 0 unspecified atom stereocenters. The maximum atomic E-state index is 13.4. The maximum Gasteiger partial charge on any atom is 0.313 e. The molecule has 0 amide bonds. The lowest BCUT2D eigenvalue weighted by molar-refractivity contribution is -0.152. The summed E-state index contributed by atoms with van der Waals surface area (Å²) in [5, 5.41) is 0. The van der Waals surface area contributed by atoms with E-state index in [1.807, 2.05) is 0 Å². The summed E-state index contributed by atoms with van der Waals surface area (Å²) in [6.07, 6.45) is 0. The SMILES string of the molecule is COC(=O)C(C)(C)[C@@H](N)c1cccc(F)c1C. The van der Waals surface area contributed by atoms with E-state index in [9.17, 15) is 9.18 Å². The average molecular weight is 239 g/mol. The molecule has 1 aromatic rings. The van der Waals surface area contributed by atoms with Crippen LogP contribution in [0.15, 0.2) is 18.2 Å². The largest absolute Gasteiger partial charge is 0.469 e. The molecule has 0 aliphatic heterocycles. The number of carbonyl (C=O) groups excluding carboxylic acids is 1. The minimum atomic E-state index is -0.896. The van der Waals surface area contributed by atoms with Gasteiger partial charge in [-0.25, -0.2) is 4.39 Å². The molecule has 0 bridgehead atoms. The normalized spacial score (nSPS) is 13.3. The van der Waals surface area contributed by atoms with Crippen LogP contribution in [-0.2, 0) is 9.53 Å². The van der Waals surface area contributed by atoms with Crippen LogP contribution in [0.1, 0.15) is 31.0 Å². The zero-order chi connectivity index (χ0) is 13.2. The Morgan fingerprint density at radius 2 is 2.06 bits per heavy atom. The van der Waals surface area contributed by atoms with Crippen molar-refractivity contribution in [2.24, 2.45) is 11.1 Å². The second-order valence-electron chi connectivity index (χ2n) is 4.65. The third-order valence-electron chi connectivity index (χ3n) is 3.13. The van der Waals surface area contributed by atoms with E-state index >= 15 is 0 Å². The molecule has 0 aromatic heterocycles. The first-order valence-electron chi connectivity index (χ1n) is 5.41. The lowest BCUT2D eigenvalue weighted by Crippen LogP contribution is -2.37. The first kappa shape index (κ1) is 13.6. The minimum Gasteiger partial charge on any atom is -0.469 e. The fraction of sp³-hybridized carbons (Fsp3) is 0.462. The predicted octanol–water partition coefficient (Wildman–Crippen LogP) is 2.33. The Morgan fingerprint density at radius 1 is 1.47 bits per heavy atom. The Kier molecular flexibility index (Phi) is 3.88. The summed E-state index contributed by atoms with van der Waals surface area (Å²) in [5.41, 5.74) is 6.25. The van der Waals surface area contributed by atoms with E-state index in [1.54, 1.807) is 32.9 Å². The number of ether oxygens (including phenoxy) is 1. The molecule has 0 spiro atoms. The van der Waals surface area contributed by atoms with Gasteiger partial charge in [-0.1, -0.05) is 12.1 Å². The standard InChI is InChI=1S/C13H18FNO2/c1-8-9(6-5-7-10(8)14)11(15)13(2,3)12(16)17-4/h5-7,11H,15H2,1-4H3/t11-/m0/s1. The molecule has 0 fully saturated rings. The van der Waals surface area contributed by atoms with Crippen LogP contribution in [0.5, 0.6) is 0 Å². The second kappa shape index (κ2) is 4.84. The van der Waals surface area contributed by atoms with E-state index in [4.69, 9.17) is 10.5 Å². The van der Waals surface area contributed by atoms with Gasteiger partial charge in [0, 0.05) is 6.04 Å². The van der Waals surface area contributed by atoms with Crippen LogP contribution in [0.25, 0.3) is 0 Å². The number of halogens is 1. The molecule has 0 radical (unpaired) electrons. The number of rotatable bonds is 3. The van der Waals surface area contributed by atoms with E-state index < -0.39 is 17.4 Å². The Balaban J connectivity index is 3.16. The smallest absolute Gasteiger partial charge is 0.313 e. The average Bonchev–Trinajstić information content (AvgIpc) is 2.30. The van der Waals surface area contributed by atoms with Gasteiger partial charge in [-0.2, -0.15) is 0 Å². The van der Waals surface area contributed by atoms with Gasteiger partial charge in [-0.05, 0) is 38.0 Å². The second-order valence-corrected chi connectivity index (χ2v) is 4.65. The Hall–Kier alpha value is -1.42. The van der Waals surface area contributed by atoms with Crippen LogP contribution in [0.4, 0.5) is 4.39 Å². The van der Waals surface area contributed by atoms with Gasteiger partial charge in [-0.15, -0.1) is 0 Å². The Morgan fingerprint density at radius 3 is 2.59 bits per heavy atom.